The quantitative estimate of drug-likeness (QED) is 0.616. The van der Waals surface area contributed by atoms with Crippen LogP contribution >= 0.6 is 0 Å². The van der Waals surface area contributed by atoms with Crippen LogP contribution in [0.1, 0.15) is 61.4 Å². The van der Waals surface area contributed by atoms with Gasteiger partial charge in [0.25, 0.3) is 0 Å². The fraction of sp³-hybridized carbons (Fsp3) is 0.458. The number of hydrogen-bond donors (Lipinski definition) is 1. The fourth-order valence-electron chi connectivity index (χ4n) is 4.98. The summed E-state index contributed by atoms with van der Waals surface area (Å²) in [5, 5.41) is 0. The summed E-state index contributed by atoms with van der Waals surface area (Å²) < 4.78 is 0. The van der Waals surface area contributed by atoms with Crippen LogP contribution in [0.3, 0.4) is 0 Å². The number of benzene rings is 1. The summed E-state index contributed by atoms with van der Waals surface area (Å²) in [7, 11) is 0. The molecule has 5 nitrogen and oxygen atoms in total. The zero-order chi connectivity index (χ0) is 20.0. The van der Waals surface area contributed by atoms with E-state index in [-0.39, 0.29) is 11.2 Å². The van der Waals surface area contributed by atoms with Crippen LogP contribution in [0.4, 0.5) is 5.69 Å². The fourth-order valence-corrected chi connectivity index (χ4v) is 4.98. The monoisotopic (exact) mass is 388 g/mol. The van der Waals surface area contributed by atoms with E-state index >= 15 is 0 Å². The Morgan fingerprint density at radius 3 is 2.66 bits per heavy atom. The lowest BCUT2D eigenvalue weighted by Gasteiger charge is -2.21. The number of nitrogens with zero attached hydrogens (tertiary/aromatic N) is 3. The molecule has 1 aliphatic carbocycles. The van der Waals surface area contributed by atoms with E-state index in [1.165, 1.54) is 24.1 Å². The number of Topliss-reactive ketones (excluding diaryl/α,β-unsaturated/α-hetero) is 1. The summed E-state index contributed by atoms with van der Waals surface area (Å²) in [6.07, 6.45) is 10.3. The van der Waals surface area contributed by atoms with E-state index in [1.807, 2.05) is 6.20 Å². The molecule has 5 rings (SSSR count). The third kappa shape index (κ3) is 3.13. The lowest BCUT2D eigenvalue weighted by Crippen LogP contribution is -2.24. The Bertz CT molecular complexity index is 1070. The Kier molecular flexibility index (Phi) is 4.41. The molecule has 2 fully saturated rings. The molecule has 1 N–H and O–H groups in total. The van der Waals surface area contributed by atoms with Crippen LogP contribution in [0.5, 0.6) is 0 Å². The van der Waals surface area contributed by atoms with Crippen molar-refractivity contribution in [3.05, 3.63) is 41.7 Å². The van der Waals surface area contributed by atoms with Gasteiger partial charge in [0.05, 0.1) is 17.5 Å². The van der Waals surface area contributed by atoms with Gasteiger partial charge in [0.1, 0.15) is 5.52 Å². The number of aromatic nitrogens is 3. The molecule has 0 spiro atoms. The molecule has 1 saturated heterocycles. The minimum atomic E-state index is -0.264. The van der Waals surface area contributed by atoms with Crippen molar-refractivity contribution in [1.29, 1.82) is 0 Å². The number of nitrogens with one attached hydrogen (secondary N) is 1. The Balaban J connectivity index is 1.55. The van der Waals surface area contributed by atoms with E-state index in [2.05, 4.69) is 46.9 Å². The molecule has 2 aromatic heterocycles. The van der Waals surface area contributed by atoms with Gasteiger partial charge in [-0.2, -0.15) is 0 Å². The summed E-state index contributed by atoms with van der Waals surface area (Å²) in [6.45, 7) is 6.49. The number of fused-ring (bicyclic) bond motifs is 1. The molecule has 1 aromatic carbocycles. The van der Waals surface area contributed by atoms with Gasteiger partial charge in [-0.25, -0.2) is 9.97 Å². The van der Waals surface area contributed by atoms with E-state index in [4.69, 9.17) is 4.98 Å². The van der Waals surface area contributed by atoms with Crippen molar-refractivity contribution in [2.45, 2.75) is 52.4 Å². The third-order valence-corrected chi connectivity index (χ3v) is 6.83. The second-order valence-corrected chi connectivity index (χ2v) is 8.95. The minimum absolute atomic E-state index is 0.203. The molecule has 3 aromatic rings. The molecule has 5 heteroatoms. The Morgan fingerprint density at radius 2 is 1.90 bits per heavy atom. The van der Waals surface area contributed by atoms with Gasteiger partial charge in [0.15, 0.2) is 11.4 Å². The maximum atomic E-state index is 13.3. The van der Waals surface area contributed by atoms with E-state index in [9.17, 15) is 4.79 Å². The van der Waals surface area contributed by atoms with Gasteiger partial charge in [-0.1, -0.05) is 31.9 Å². The first-order valence-corrected chi connectivity index (χ1v) is 10.8. The number of aromatic amines is 1. The second-order valence-electron chi connectivity index (χ2n) is 8.95. The zero-order valence-electron chi connectivity index (χ0n) is 17.3. The van der Waals surface area contributed by atoms with Gasteiger partial charge in [-0.05, 0) is 44.2 Å². The smallest absolute Gasteiger partial charge is 0.172 e. The minimum Gasteiger partial charge on any atom is -0.371 e. The van der Waals surface area contributed by atoms with E-state index in [1.54, 1.807) is 6.20 Å². The molecular formula is C24H28N4O. The number of carbonyl (C=O) groups excluding carboxylic acids is 1. The largest absolute Gasteiger partial charge is 0.371 e. The van der Waals surface area contributed by atoms with Crippen LogP contribution < -0.4 is 4.90 Å². The van der Waals surface area contributed by atoms with Crippen LogP contribution in [0.25, 0.3) is 22.4 Å². The van der Waals surface area contributed by atoms with Gasteiger partial charge in [0.2, 0.25) is 0 Å². The molecule has 150 valence electrons. The van der Waals surface area contributed by atoms with E-state index in [0.717, 1.165) is 50.0 Å². The molecule has 1 aliphatic heterocycles. The molecule has 0 bridgehead atoms. The first kappa shape index (κ1) is 18.3. The lowest BCUT2D eigenvalue weighted by atomic mass is 9.81. The molecule has 1 saturated carbocycles. The van der Waals surface area contributed by atoms with Gasteiger partial charge in [-0.15, -0.1) is 0 Å². The standard InChI is InChI=1S/C24H28N4O/c1-16-7-8-17(13-20(16)28-11-5-6-12-28)19-15-26-23-21(27-19)18(14-25-23)22(29)24(2)9-3-4-10-24/h7-8,13-15H,3-6,9-12H2,1-2H3,(H,25,26). The van der Waals surface area contributed by atoms with Crippen molar-refractivity contribution in [3.8, 4) is 11.3 Å². The summed E-state index contributed by atoms with van der Waals surface area (Å²) in [6, 6.07) is 6.50. The highest BCUT2D eigenvalue weighted by molar-refractivity contribution is 6.08. The third-order valence-electron chi connectivity index (χ3n) is 6.83. The molecule has 0 radical (unpaired) electrons. The molecule has 2 aliphatic rings. The van der Waals surface area contributed by atoms with Crippen LogP contribution in [0.2, 0.25) is 0 Å². The van der Waals surface area contributed by atoms with Crippen LogP contribution in [-0.4, -0.2) is 33.8 Å². The highest BCUT2D eigenvalue weighted by Gasteiger charge is 2.38. The maximum absolute atomic E-state index is 13.3. The normalized spacial score (nSPS) is 18.6. The lowest BCUT2D eigenvalue weighted by molar-refractivity contribution is 0.0825. The van der Waals surface area contributed by atoms with Crippen molar-refractivity contribution in [2.75, 3.05) is 18.0 Å². The molecule has 0 atom stereocenters. The summed E-state index contributed by atoms with van der Waals surface area (Å²) in [5.74, 6) is 0.203. The van der Waals surface area contributed by atoms with Gasteiger partial charge < -0.3 is 9.88 Å². The predicted octanol–water partition coefficient (Wildman–Crippen LogP) is 5.30. The Morgan fingerprint density at radius 1 is 1.14 bits per heavy atom. The van der Waals surface area contributed by atoms with Crippen LogP contribution in [0.15, 0.2) is 30.6 Å². The van der Waals surface area contributed by atoms with Crippen molar-refractivity contribution in [2.24, 2.45) is 5.41 Å². The Hall–Kier alpha value is -2.69. The summed E-state index contributed by atoms with van der Waals surface area (Å²) >= 11 is 0. The number of rotatable bonds is 4. The van der Waals surface area contributed by atoms with Gasteiger partial charge >= 0.3 is 0 Å². The van der Waals surface area contributed by atoms with Crippen molar-refractivity contribution >= 4 is 22.6 Å². The number of ketones is 1. The van der Waals surface area contributed by atoms with Gasteiger partial charge in [0, 0.05) is 36.0 Å². The molecule has 3 heterocycles. The Labute approximate surface area is 171 Å². The van der Waals surface area contributed by atoms with Crippen molar-refractivity contribution < 1.29 is 4.79 Å². The SMILES string of the molecule is Cc1ccc(-c2cnc3[nH]cc(C(=O)C4(C)CCCC4)c3n2)cc1N1CCCC1. The number of anilines is 1. The van der Waals surface area contributed by atoms with Crippen molar-refractivity contribution in [1.82, 2.24) is 15.0 Å². The van der Waals surface area contributed by atoms with Crippen LogP contribution in [0, 0.1) is 12.3 Å². The molecule has 29 heavy (non-hydrogen) atoms. The number of hydrogen-bond acceptors (Lipinski definition) is 4. The first-order chi connectivity index (χ1) is 14.0. The number of H-pyrrole nitrogens is 1. The summed E-state index contributed by atoms with van der Waals surface area (Å²) in [5.41, 5.74) is 6.25. The van der Waals surface area contributed by atoms with E-state index in [0.29, 0.717) is 16.7 Å². The molecular weight excluding hydrogens is 360 g/mol. The molecule has 0 amide bonds. The zero-order valence-corrected chi connectivity index (χ0v) is 17.3. The maximum Gasteiger partial charge on any atom is 0.172 e. The average molecular weight is 389 g/mol. The predicted molar refractivity (Wildman–Crippen MR) is 116 cm³/mol. The number of carbonyl (C=O) groups is 1. The van der Waals surface area contributed by atoms with Crippen molar-refractivity contribution in [3.63, 3.8) is 0 Å². The van der Waals surface area contributed by atoms with Crippen LogP contribution in [-0.2, 0) is 0 Å². The van der Waals surface area contributed by atoms with Gasteiger partial charge in [-0.3, -0.25) is 4.79 Å². The second kappa shape index (κ2) is 6.97. The topological polar surface area (TPSA) is 61.9 Å². The van der Waals surface area contributed by atoms with E-state index < -0.39 is 0 Å². The summed E-state index contributed by atoms with van der Waals surface area (Å²) in [4.78, 5) is 28.3. The molecule has 0 unspecified atom stereocenters. The first-order valence-electron chi connectivity index (χ1n) is 10.8. The number of aryl methyl sites for hydroxylation is 1. The average Bonchev–Trinajstić information content (AvgIpc) is 3.48. The highest BCUT2D eigenvalue weighted by atomic mass is 16.1. The highest BCUT2D eigenvalue weighted by Crippen LogP contribution is 2.41.